The molecule has 0 aromatic heterocycles. The van der Waals surface area contributed by atoms with E-state index in [9.17, 15) is 9.59 Å². The second kappa shape index (κ2) is 17.7. The lowest BCUT2D eigenvalue weighted by atomic mass is 9.90. The van der Waals surface area contributed by atoms with E-state index in [1.807, 2.05) is 65.8 Å². The number of hydrogen-bond donors (Lipinski definition) is 2. The monoisotopic (exact) mass is 416 g/mol. The summed E-state index contributed by atoms with van der Waals surface area (Å²) >= 11 is 0. The van der Waals surface area contributed by atoms with E-state index < -0.39 is 0 Å². The van der Waals surface area contributed by atoms with Crippen LogP contribution < -0.4 is 10.6 Å². The highest BCUT2D eigenvalue weighted by molar-refractivity contribution is 6.00. The minimum atomic E-state index is -0.243. The largest absolute Gasteiger partial charge is 0.365 e. The zero-order valence-electron chi connectivity index (χ0n) is 19.6. The van der Waals surface area contributed by atoms with Crippen LogP contribution in [0.15, 0.2) is 24.3 Å². The molecule has 2 saturated heterocycles. The van der Waals surface area contributed by atoms with Crippen LogP contribution in [0.3, 0.4) is 0 Å². The molecule has 5 nitrogen and oxygen atoms in total. The van der Waals surface area contributed by atoms with E-state index in [1.165, 1.54) is 0 Å². The third kappa shape index (κ3) is 10.0. The summed E-state index contributed by atoms with van der Waals surface area (Å²) < 4.78 is 5.75. The molecule has 168 valence electrons. The summed E-state index contributed by atoms with van der Waals surface area (Å²) in [5.41, 5.74) is 1.83. The van der Waals surface area contributed by atoms with Crippen LogP contribution in [-0.4, -0.2) is 37.6 Å². The van der Waals surface area contributed by atoms with Crippen molar-refractivity contribution in [3.63, 3.8) is 0 Å². The van der Waals surface area contributed by atoms with Crippen molar-refractivity contribution in [3.05, 3.63) is 35.4 Å². The topological polar surface area (TPSA) is 67.4 Å². The molecule has 2 fully saturated rings. The first kappa shape index (κ1) is 27.8. The van der Waals surface area contributed by atoms with Gasteiger partial charge in [0.25, 0.3) is 0 Å². The van der Waals surface area contributed by atoms with Crippen LogP contribution >= 0.6 is 0 Å². The van der Waals surface area contributed by atoms with Crippen molar-refractivity contribution >= 4 is 11.8 Å². The molecular formula is C25H40N2O3. The maximum Gasteiger partial charge on any atom is 0.234 e. The molecule has 0 saturated carbocycles. The predicted molar refractivity (Wildman–Crippen MR) is 124 cm³/mol. The number of ether oxygens (including phenoxy) is 1. The van der Waals surface area contributed by atoms with Gasteiger partial charge in [0.05, 0.1) is 12.0 Å². The Bertz CT molecular complexity index is 653. The number of piperidine rings is 2. The first-order valence-corrected chi connectivity index (χ1v) is 11.5. The lowest BCUT2D eigenvalue weighted by Crippen LogP contribution is -2.39. The Hall–Kier alpha value is -2.16. The average Bonchev–Trinajstić information content (AvgIpc) is 2.82. The average molecular weight is 417 g/mol. The highest BCUT2D eigenvalue weighted by atomic mass is 16.5. The Morgan fingerprint density at radius 3 is 2.10 bits per heavy atom. The van der Waals surface area contributed by atoms with Crippen LogP contribution in [0.25, 0.3) is 0 Å². The van der Waals surface area contributed by atoms with E-state index in [2.05, 4.69) is 22.5 Å². The summed E-state index contributed by atoms with van der Waals surface area (Å²) in [6.45, 7) is 14.5. The molecule has 2 amide bonds. The smallest absolute Gasteiger partial charge is 0.234 e. The van der Waals surface area contributed by atoms with Crippen LogP contribution in [0.5, 0.6) is 0 Å². The molecule has 2 aliphatic rings. The van der Waals surface area contributed by atoms with Gasteiger partial charge in [-0.3, -0.25) is 14.9 Å². The van der Waals surface area contributed by atoms with Crippen molar-refractivity contribution < 1.29 is 14.3 Å². The second-order valence-corrected chi connectivity index (χ2v) is 6.19. The van der Waals surface area contributed by atoms with Crippen molar-refractivity contribution in [1.29, 1.82) is 0 Å². The van der Waals surface area contributed by atoms with Gasteiger partial charge in [-0.05, 0) is 50.0 Å². The zero-order valence-corrected chi connectivity index (χ0v) is 19.6. The van der Waals surface area contributed by atoms with Crippen LogP contribution in [0.2, 0.25) is 0 Å². The van der Waals surface area contributed by atoms with Gasteiger partial charge in [0.1, 0.15) is 6.61 Å². The fourth-order valence-electron chi connectivity index (χ4n) is 3.07. The minimum absolute atomic E-state index is 0.188. The zero-order chi connectivity index (χ0) is 22.8. The van der Waals surface area contributed by atoms with Crippen LogP contribution in [-0.2, 0) is 14.3 Å². The van der Waals surface area contributed by atoms with E-state index >= 15 is 0 Å². The molecule has 0 spiro atoms. The van der Waals surface area contributed by atoms with Gasteiger partial charge in [-0.1, -0.05) is 65.5 Å². The number of carbonyl (C=O) groups excluding carboxylic acids is 2. The summed E-state index contributed by atoms with van der Waals surface area (Å²) in [4.78, 5) is 23.1. The van der Waals surface area contributed by atoms with Gasteiger partial charge in [-0.15, -0.1) is 0 Å². The summed E-state index contributed by atoms with van der Waals surface area (Å²) in [5, 5.41) is 5.69. The third-order valence-electron chi connectivity index (χ3n) is 4.46. The molecule has 2 heterocycles. The highest BCUT2D eigenvalue weighted by Crippen LogP contribution is 2.24. The molecule has 0 radical (unpaired) electrons. The van der Waals surface area contributed by atoms with Gasteiger partial charge in [0, 0.05) is 12.0 Å². The van der Waals surface area contributed by atoms with Gasteiger partial charge in [0.15, 0.2) is 0 Å². The van der Waals surface area contributed by atoms with Crippen LogP contribution in [0.1, 0.15) is 84.3 Å². The fraction of sp³-hybridized carbons (Fsp3) is 0.600. The summed E-state index contributed by atoms with van der Waals surface area (Å²) in [6.07, 6.45) is 3.37. The summed E-state index contributed by atoms with van der Waals surface area (Å²) in [6, 6.07) is 7.66. The SMILES string of the molecule is CC.CC.CC.O=C1CCC(c2ccc(C#CCOC3CCNCC3)cc2)C(=O)N1. The first-order chi connectivity index (χ1) is 14.7. The lowest BCUT2D eigenvalue weighted by molar-refractivity contribution is -0.134. The standard InChI is InChI=1S/C19H22N2O3.3C2H6/c22-18-8-7-17(19(23)21-18)15-5-3-14(4-6-15)2-1-13-24-16-9-11-20-12-10-16;3*1-2/h3-6,16-17,20H,7-13H2,(H,21,22,23);3*1-2H3. The number of hydrogen-bond acceptors (Lipinski definition) is 4. The van der Waals surface area contributed by atoms with E-state index in [0.29, 0.717) is 25.6 Å². The van der Waals surface area contributed by atoms with Gasteiger partial charge in [-0.2, -0.15) is 0 Å². The van der Waals surface area contributed by atoms with Gasteiger partial charge < -0.3 is 10.1 Å². The van der Waals surface area contributed by atoms with Gasteiger partial charge in [0.2, 0.25) is 11.8 Å². The van der Waals surface area contributed by atoms with Crippen molar-refractivity contribution in [1.82, 2.24) is 10.6 Å². The molecule has 2 N–H and O–H groups in total. The number of rotatable bonds is 3. The molecular weight excluding hydrogens is 376 g/mol. The molecule has 1 unspecified atom stereocenters. The van der Waals surface area contributed by atoms with Crippen molar-refractivity contribution in [2.75, 3.05) is 19.7 Å². The molecule has 1 aromatic rings. The Morgan fingerprint density at radius 1 is 0.933 bits per heavy atom. The molecule has 0 bridgehead atoms. The molecule has 5 heteroatoms. The van der Waals surface area contributed by atoms with Gasteiger partial charge >= 0.3 is 0 Å². The van der Waals surface area contributed by atoms with E-state index in [1.54, 1.807) is 0 Å². The lowest BCUT2D eigenvalue weighted by Gasteiger charge is -2.21. The van der Waals surface area contributed by atoms with E-state index in [4.69, 9.17) is 4.74 Å². The van der Waals surface area contributed by atoms with Gasteiger partial charge in [-0.25, -0.2) is 0 Å². The van der Waals surface area contributed by atoms with Crippen LogP contribution in [0, 0.1) is 11.8 Å². The van der Waals surface area contributed by atoms with Crippen LogP contribution in [0.4, 0.5) is 0 Å². The molecule has 0 aliphatic carbocycles. The maximum atomic E-state index is 11.9. The Labute approximate surface area is 183 Å². The minimum Gasteiger partial charge on any atom is -0.365 e. The molecule has 30 heavy (non-hydrogen) atoms. The van der Waals surface area contributed by atoms with Crippen molar-refractivity contribution in [3.8, 4) is 11.8 Å². The second-order valence-electron chi connectivity index (χ2n) is 6.19. The molecule has 1 atom stereocenters. The number of imide groups is 1. The number of nitrogens with one attached hydrogen (secondary N) is 2. The fourth-order valence-corrected chi connectivity index (χ4v) is 3.07. The molecule has 2 aliphatic heterocycles. The molecule has 1 aromatic carbocycles. The van der Waals surface area contributed by atoms with Crippen molar-refractivity contribution in [2.24, 2.45) is 0 Å². The Kier molecular flexibility index (Phi) is 16.4. The third-order valence-corrected chi connectivity index (χ3v) is 4.46. The predicted octanol–water partition coefficient (Wildman–Crippen LogP) is 4.41. The van der Waals surface area contributed by atoms with Crippen molar-refractivity contribution in [2.45, 2.75) is 79.2 Å². The summed E-state index contributed by atoms with van der Waals surface area (Å²) in [7, 11) is 0. The maximum absolute atomic E-state index is 11.9. The normalized spacial score (nSPS) is 18.0. The first-order valence-electron chi connectivity index (χ1n) is 11.5. The Morgan fingerprint density at radius 2 is 1.53 bits per heavy atom. The highest BCUT2D eigenvalue weighted by Gasteiger charge is 2.27. The number of benzene rings is 1. The quantitative estimate of drug-likeness (QED) is 0.566. The van der Waals surface area contributed by atoms with E-state index in [0.717, 1.165) is 37.1 Å². The summed E-state index contributed by atoms with van der Waals surface area (Å²) in [5.74, 6) is 5.50. The number of carbonyl (C=O) groups is 2. The molecule has 3 rings (SSSR count). The Balaban J connectivity index is 0.00000129. The number of amides is 2. The van der Waals surface area contributed by atoms with E-state index in [-0.39, 0.29) is 17.7 Å².